The minimum Gasteiger partial charge on any atom is -0.457 e. The molecule has 0 radical (unpaired) electrons. The summed E-state index contributed by atoms with van der Waals surface area (Å²) in [5.41, 5.74) is 1.95. The van der Waals surface area contributed by atoms with Gasteiger partial charge in [-0.1, -0.05) is 37.3 Å². The van der Waals surface area contributed by atoms with Gasteiger partial charge in [0.05, 0.1) is 6.42 Å². The van der Waals surface area contributed by atoms with Gasteiger partial charge in [-0.25, -0.2) is 0 Å². The third kappa shape index (κ3) is 3.91. The predicted molar refractivity (Wildman–Crippen MR) is 73.5 cm³/mol. The first-order chi connectivity index (χ1) is 9.29. The third-order valence-corrected chi connectivity index (χ3v) is 2.91. The molecule has 19 heavy (non-hydrogen) atoms. The van der Waals surface area contributed by atoms with Gasteiger partial charge in [-0.2, -0.15) is 0 Å². The predicted octanol–water partition coefficient (Wildman–Crippen LogP) is 3.32. The Morgan fingerprint density at radius 3 is 2.47 bits per heavy atom. The second-order valence-electron chi connectivity index (χ2n) is 4.33. The molecule has 1 aromatic heterocycles. The maximum atomic E-state index is 11.9. The van der Waals surface area contributed by atoms with E-state index in [9.17, 15) is 4.79 Å². The molecule has 98 valence electrons. The van der Waals surface area contributed by atoms with Gasteiger partial charge in [-0.05, 0) is 29.7 Å². The van der Waals surface area contributed by atoms with Crippen molar-refractivity contribution in [2.24, 2.45) is 0 Å². The zero-order valence-corrected chi connectivity index (χ0v) is 11.0. The normalized spacial score (nSPS) is 11.8. The highest BCUT2D eigenvalue weighted by molar-refractivity contribution is 5.72. The Morgan fingerprint density at radius 1 is 1.16 bits per heavy atom. The van der Waals surface area contributed by atoms with Crippen LogP contribution in [0.4, 0.5) is 0 Å². The summed E-state index contributed by atoms with van der Waals surface area (Å²) in [6.07, 6.45) is 4.24. The molecule has 0 amide bonds. The van der Waals surface area contributed by atoms with Crippen molar-refractivity contribution < 1.29 is 9.53 Å². The number of esters is 1. The summed E-state index contributed by atoms with van der Waals surface area (Å²) >= 11 is 0. The lowest BCUT2D eigenvalue weighted by Gasteiger charge is -2.16. The zero-order valence-electron chi connectivity index (χ0n) is 11.0. The minimum atomic E-state index is -0.207. The number of pyridine rings is 1. The first-order valence-electron chi connectivity index (χ1n) is 6.43. The van der Waals surface area contributed by atoms with Crippen molar-refractivity contribution in [1.82, 2.24) is 4.98 Å². The highest BCUT2D eigenvalue weighted by atomic mass is 16.5. The summed E-state index contributed by atoms with van der Waals surface area (Å²) in [6, 6.07) is 13.5. The molecule has 1 unspecified atom stereocenters. The molecular weight excluding hydrogens is 238 g/mol. The number of benzene rings is 1. The fourth-order valence-electron chi connectivity index (χ4n) is 1.92. The Kier molecular flexibility index (Phi) is 4.67. The van der Waals surface area contributed by atoms with Crippen LogP contribution in [0.15, 0.2) is 54.9 Å². The van der Waals surface area contributed by atoms with E-state index in [0.29, 0.717) is 0 Å². The van der Waals surface area contributed by atoms with Gasteiger partial charge in [0.15, 0.2) is 0 Å². The van der Waals surface area contributed by atoms with Gasteiger partial charge in [0, 0.05) is 12.4 Å². The molecule has 0 aliphatic rings. The number of aromatic nitrogens is 1. The Morgan fingerprint density at radius 2 is 1.84 bits per heavy atom. The van der Waals surface area contributed by atoms with Crippen LogP contribution >= 0.6 is 0 Å². The van der Waals surface area contributed by atoms with Crippen LogP contribution in [-0.4, -0.2) is 11.0 Å². The third-order valence-electron chi connectivity index (χ3n) is 2.91. The second-order valence-corrected chi connectivity index (χ2v) is 4.33. The highest BCUT2D eigenvalue weighted by Gasteiger charge is 2.14. The largest absolute Gasteiger partial charge is 0.457 e. The van der Waals surface area contributed by atoms with Crippen LogP contribution in [0.2, 0.25) is 0 Å². The van der Waals surface area contributed by atoms with E-state index in [0.717, 1.165) is 17.5 Å². The fourth-order valence-corrected chi connectivity index (χ4v) is 1.92. The standard InChI is InChI=1S/C16H17NO2/c1-2-15(14-6-4-3-5-7-14)19-16(18)12-13-8-10-17-11-9-13/h3-11,15H,2,12H2,1H3. The van der Waals surface area contributed by atoms with Crippen LogP contribution in [0.1, 0.15) is 30.6 Å². The number of carbonyl (C=O) groups excluding carboxylic acids is 1. The van der Waals surface area contributed by atoms with Crippen molar-refractivity contribution in [3.8, 4) is 0 Å². The van der Waals surface area contributed by atoms with Crippen molar-refractivity contribution in [3.05, 3.63) is 66.0 Å². The molecule has 0 bridgehead atoms. The van der Waals surface area contributed by atoms with E-state index in [4.69, 9.17) is 4.74 Å². The van der Waals surface area contributed by atoms with Crippen LogP contribution in [0.5, 0.6) is 0 Å². The average molecular weight is 255 g/mol. The quantitative estimate of drug-likeness (QED) is 0.769. The lowest BCUT2D eigenvalue weighted by Crippen LogP contribution is -2.13. The van der Waals surface area contributed by atoms with Crippen molar-refractivity contribution in [3.63, 3.8) is 0 Å². The molecule has 0 saturated carbocycles. The number of carbonyl (C=O) groups is 1. The van der Waals surface area contributed by atoms with E-state index in [-0.39, 0.29) is 18.5 Å². The van der Waals surface area contributed by atoms with Crippen LogP contribution in [0.25, 0.3) is 0 Å². The highest BCUT2D eigenvalue weighted by Crippen LogP contribution is 2.21. The van der Waals surface area contributed by atoms with Crippen molar-refractivity contribution in [2.45, 2.75) is 25.9 Å². The lowest BCUT2D eigenvalue weighted by molar-refractivity contribution is -0.148. The van der Waals surface area contributed by atoms with Gasteiger partial charge in [0.1, 0.15) is 6.10 Å². The molecule has 3 nitrogen and oxygen atoms in total. The van der Waals surface area contributed by atoms with Gasteiger partial charge < -0.3 is 4.74 Å². The summed E-state index contributed by atoms with van der Waals surface area (Å²) in [5.74, 6) is -0.207. The topological polar surface area (TPSA) is 39.2 Å². The van der Waals surface area contributed by atoms with Gasteiger partial charge in [0.2, 0.25) is 0 Å². The number of ether oxygens (including phenoxy) is 1. The summed E-state index contributed by atoms with van der Waals surface area (Å²) in [7, 11) is 0. The van der Waals surface area contributed by atoms with Gasteiger partial charge in [-0.3, -0.25) is 9.78 Å². The smallest absolute Gasteiger partial charge is 0.310 e. The Labute approximate surface area is 113 Å². The van der Waals surface area contributed by atoms with E-state index >= 15 is 0 Å². The van der Waals surface area contributed by atoms with E-state index in [1.54, 1.807) is 12.4 Å². The second kappa shape index (κ2) is 6.69. The maximum absolute atomic E-state index is 11.9. The Balaban J connectivity index is 1.97. The summed E-state index contributed by atoms with van der Waals surface area (Å²) in [4.78, 5) is 15.8. The summed E-state index contributed by atoms with van der Waals surface area (Å²) in [5, 5.41) is 0. The zero-order chi connectivity index (χ0) is 13.5. The number of nitrogens with zero attached hydrogens (tertiary/aromatic N) is 1. The molecule has 1 atom stereocenters. The first kappa shape index (κ1) is 13.3. The molecule has 0 saturated heterocycles. The molecule has 2 aromatic rings. The number of hydrogen-bond acceptors (Lipinski definition) is 3. The minimum absolute atomic E-state index is 0.171. The van der Waals surface area contributed by atoms with Gasteiger partial charge >= 0.3 is 5.97 Å². The van der Waals surface area contributed by atoms with Crippen LogP contribution in [0.3, 0.4) is 0 Å². The van der Waals surface area contributed by atoms with Crippen LogP contribution < -0.4 is 0 Å². The van der Waals surface area contributed by atoms with Crippen molar-refractivity contribution in [2.75, 3.05) is 0 Å². The van der Waals surface area contributed by atoms with Gasteiger partial charge in [0.25, 0.3) is 0 Å². The molecule has 0 fully saturated rings. The Bertz CT molecular complexity index is 511. The maximum Gasteiger partial charge on any atom is 0.310 e. The van der Waals surface area contributed by atoms with E-state index in [1.807, 2.05) is 49.4 Å². The average Bonchev–Trinajstić information content (AvgIpc) is 2.47. The van der Waals surface area contributed by atoms with Crippen molar-refractivity contribution in [1.29, 1.82) is 0 Å². The first-order valence-corrected chi connectivity index (χ1v) is 6.43. The molecule has 0 aliphatic heterocycles. The monoisotopic (exact) mass is 255 g/mol. The SMILES string of the molecule is CCC(OC(=O)Cc1ccncc1)c1ccccc1. The summed E-state index contributed by atoms with van der Waals surface area (Å²) < 4.78 is 5.53. The molecular formula is C16H17NO2. The molecule has 0 spiro atoms. The fraction of sp³-hybridized carbons (Fsp3) is 0.250. The Hall–Kier alpha value is -2.16. The van der Waals surface area contributed by atoms with E-state index in [1.165, 1.54) is 0 Å². The molecule has 1 heterocycles. The molecule has 0 N–H and O–H groups in total. The van der Waals surface area contributed by atoms with E-state index < -0.39 is 0 Å². The molecule has 0 aliphatic carbocycles. The molecule has 3 heteroatoms. The van der Waals surface area contributed by atoms with Gasteiger partial charge in [-0.15, -0.1) is 0 Å². The summed E-state index contributed by atoms with van der Waals surface area (Å²) in [6.45, 7) is 2.01. The van der Waals surface area contributed by atoms with Crippen LogP contribution in [-0.2, 0) is 16.0 Å². The molecule has 1 aromatic carbocycles. The lowest BCUT2D eigenvalue weighted by atomic mass is 10.1. The van der Waals surface area contributed by atoms with Crippen LogP contribution in [0, 0.1) is 0 Å². The van der Waals surface area contributed by atoms with E-state index in [2.05, 4.69) is 4.98 Å². The number of hydrogen-bond donors (Lipinski definition) is 0. The number of rotatable bonds is 5. The molecule has 2 rings (SSSR count). The van der Waals surface area contributed by atoms with Crippen molar-refractivity contribution >= 4 is 5.97 Å².